The van der Waals surface area contributed by atoms with Crippen molar-refractivity contribution in [3.05, 3.63) is 38.2 Å². The average molecular weight is 282 g/mol. The second kappa shape index (κ2) is 6.97. The van der Waals surface area contributed by atoms with Gasteiger partial charge in [-0.2, -0.15) is 4.39 Å². The van der Waals surface area contributed by atoms with E-state index in [1.165, 1.54) is 0 Å². The number of halogens is 1. The van der Waals surface area contributed by atoms with Gasteiger partial charge in [-0.3, -0.25) is 20.2 Å². The van der Waals surface area contributed by atoms with Gasteiger partial charge in [-0.25, -0.2) is 0 Å². The first-order valence-corrected chi connectivity index (χ1v) is 4.28. The molecule has 0 aliphatic heterocycles. The van der Waals surface area contributed by atoms with Gasteiger partial charge in [0.2, 0.25) is 11.6 Å². The van der Waals surface area contributed by atoms with Crippen LogP contribution in [0.5, 0.6) is 5.75 Å². The Morgan fingerprint density at radius 1 is 1.21 bits per heavy atom. The van der Waals surface area contributed by atoms with Crippen LogP contribution in [0.4, 0.5) is 15.8 Å². The van der Waals surface area contributed by atoms with E-state index in [0.717, 1.165) is 0 Å². The Labute approximate surface area is 126 Å². The fourth-order valence-electron chi connectivity index (χ4n) is 1.07. The number of benzene rings is 1. The van der Waals surface area contributed by atoms with Crippen molar-refractivity contribution in [2.24, 2.45) is 0 Å². The molecule has 0 saturated heterocycles. The number of carboxylic acid groups (broad SMARTS) is 1. The summed E-state index contributed by atoms with van der Waals surface area (Å²) in [6, 6.07) is 0.721. The van der Waals surface area contributed by atoms with E-state index in [4.69, 9.17) is 0 Å². The van der Waals surface area contributed by atoms with Gasteiger partial charge >= 0.3 is 40.9 Å². The van der Waals surface area contributed by atoms with E-state index in [1.54, 1.807) is 0 Å². The fraction of sp³-hybridized carbons (Fsp3) is 0.125. The molecule has 0 unspecified atom stereocenters. The van der Waals surface area contributed by atoms with Crippen molar-refractivity contribution in [2.45, 2.75) is 0 Å². The zero-order valence-electron chi connectivity index (χ0n) is 9.49. The largest absolute Gasteiger partial charge is 1.00 e. The molecule has 0 saturated carbocycles. The molecule has 0 spiro atoms. The summed E-state index contributed by atoms with van der Waals surface area (Å²) >= 11 is 0. The molecule has 0 fully saturated rings. The van der Waals surface area contributed by atoms with Crippen LogP contribution >= 0.6 is 0 Å². The van der Waals surface area contributed by atoms with Crippen LogP contribution in [0.3, 0.4) is 0 Å². The number of ether oxygens (including phenoxy) is 1. The van der Waals surface area contributed by atoms with Crippen molar-refractivity contribution >= 4 is 17.3 Å². The SMILES string of the molecule is O=C([O-])COc1cc(F)c([N+](=O)[O-])cc1[N+](=O)[O-].[Na+]. The van der Waals surface area contributed by atoms with Gasteiger partial charge in [0, 0.05) is 6.07 Å². The number of carboxylic acids is 1. The molecular formula is C8H4FN2NaO7. The Hall–Kier alpha value is -1.78. The van der Waals surface area contributed by atoms with Crippen LogP contribution in [-0.4, -0.2) is 22.4 Å². The van der Waals surface area contributed by atoms with Crippen LogP contribution in [0.25, 0.3) is 0 Å². The first-order valence-electron chi connectivity index (χ1n) is 4.28. The number of hydrogen-bond donors (Lipinski definition) is 0. The quantitative estimate of drug-likeness (QED) is 0.314. The van der Waals surface area contributed by atoms with Crippen molar-refractivity contribution < 1.29 is 58.4 Å². The van der Waals surface area contributed by atoms with Crippen LogP contribution < -0.4 is 39.4 Å². The Bertz CT molecular complexity index is 536. The summed E-state index contributed by atoms with van der Waals surface area (Å²) in [7, 11) is 0. The number of hydrogen-bond acceptors (Lipinski definition) is 7. The number of aliphatic carboxylic acids is 1. The molecule has 9 nitrogen and oxygen atoms in total. The number of nitro groups is 2. The van der Waals surface area contributed by atoms with Crippen LogP contribution in [0, 0.1) is 26.0 Å². The number of carbonyl (C=O) groups is 1. The molecule has 0 bridgehead atoms. The normalized spacial score (nSPS) is 9.32. The van der Waals surface area contributed by atoms with E-state index in [2.05, 4.69) is 4.74 Å². The maximum Gasteiger partial charge on any atom is 1.00 e. The molecule has 0 aliphatic rings. The smallest absolute Gasteiger partial charge is 0.546 e. The molecule has 0 amide bonds. The predicted molar refractivity (Wildman–Crippen MR) is 50.2 cm³/mol. The van der Waals surface area contributed by atoms with E-state index in [0.29, 0.717) is 12.1 Å². The molecule has 0 atom stereocenters. The molecule has 96 valence electrons. The minimum atomic E-state index is -1.68. The Morgan fingerprint density at radius 2 is 1.74 bits per heavy atom. The van der Waals surface area contributed by atoms with E-state index in [-0.39, 0.29) is 29.6 Å². The molecule has 19 heavy (non-hydrogen) atoms. The number of carbonyl (C=O) groups excluding carboxylic acids is 1. The van der Waals surface area contributed by atoms with E-state index < -0.39 is 45.4 Å². The molecule has 1 aromatic carbocycles. The number of rotatable bonds is 5. The molecule has 1 rings (SSSR count). The second-order valence-corrected chi connectivity index (χ2v) is 2.95. The van der Waals surface area contributed by atoms with Crippen molar-refractivity contribution in [3.8, 4) is 5.75 Å². The maximum atomic E-state index is 13.2. The minimum absolute atomic E-state index is 0. The summed E-state index contributed by atoms with van der Waals surface area (Å²) in [5.41, 5.74) is -2.02. The third-order valence-electron chi connectivity index (χ3n) is 1.77. The van der Waals surface area contributed by atoms with Gasteiger partial charge in [0.15, 0.2) is 0 Å². The summed E-state index contributed by atoms with van der Waals surface area (Å²) in [5, 5.41) is 31.0. The third-order valence-corrected chi connectivity index (χ3v) is 1.77. The average Bonchev–Trinajstić information content (AvgIpc) is 2.25. The summed E-state index contributed by atoms with van der Waals surface area (Å²) in [5.74, 6) is -3.78. The molecule has 0 heterocycles. The van der Waals surface area contributed by atoms with Crippen molar-refractivity contribution in [2.75, 3.05) is 6.61 Å². The van der Waals surface area contributed by atoms with Gasteiger partial charge in [0.25, 0.3) is 0 Å². The Balaban J connectivity index is 0.00000324. The zero-order valence-corrected chi connectivity index (χ0v) is 11.5. The molecule has 0 aliphatic carbocycles. The monoisotopic (exact) mass is 282 g/mol. The van der Waals surface area contributed by atoms with Crippen LogP contribution in [-0.2, 0) is 4.79 Å². The molecule has 11 heteroatoms. The van der Waals surface area contributed by atoms with Crippen LogP contribution in [0.2, 0.25) is 0 Å². The van der Waals surface area contributed by atoms with Gasteiger partial charge in [-0.15, -0.1) is 0 Å². The molecule has 0 radical (unpaired) electrons. The summed E-state index contributed by atoms with van der Waals surface area (Å²) in [6.45, 7) is -1.04. The van der Waals surface area contributed by atoms with E-state index >= 15 is 0 Å². The van der Waals surface area contributed by atoms with E-state index in [1.807, 2.05) is 0 Å². The van der Waals surface area contributed by atoms with Crippen molar-refractivity contribution in [1.29, 1.82) is 0 Å². The van der Waals surface area contributed by atoms with Crippen molar-refractivity contribution in [3.63, 3.8) is 0 Å². The van der Waals surface area contributed by atoms with Gasteiger partial charge in [0.05, 0.1) is 15.8 Å². The third kappa shape index (κ3) is 4.43. The predicted octanol–water partition coefficient (Wildman–Crippen LogP) is -3.23. The van der Waals surface area contributed by atoms with E-state index in [9.17, 15) is 34.5 Å². The standard InChI is InChI=1S/C8H5FN2O7.Na/c9-4-1-7(18-3-8(12)13)6(11(16)17)2-5(4)10(14)15;/h1-2H,3H2,(H,12,13);/q;+1/p-1. The Kier molecular flexibility index (Phi) is 6.32. The molecule has 0 N–H and O–H groups in total. The molecular weight excluding hydrogens is 278 g/mol. The fourth-order valence-corrected chi connectivity index (χ4v) is 1.07. The topological polar surface area (TPSA) is 136 Å². The maximum absolute atomic E-state index is 13.2. The van der Waals surface area contributed by atoms with Crippen molar-refractivity contribution in [1.82, 2.24) is 0 Å². The Morgan fingerprint density at radius 3 is 2.16 bits per heavy atom. The van der Waals surface area contributed by atoms with Gasteiger partial charge in [-0.05, 0) is 0 Å². The summed E-state index contributed by atoms with van der Waals surface area (Å²) < 4.78 is 17.6. The molecule has 0 aromatic heterocycles. The first-order chi connectivity index (χ1) is 8.32. The molecule has 1 aromatic rings. The van der Waals surface area contributed by atoms with Gasteiger partial charge < -0.3 is 14.6 Å². The van der Waals surface area contributed by atoms with Gasteiger partial charge in [0.1, 0.15) is 12.7 Å². The zero-order chi connectivity index (χ0) is 13.9. The van der Waals surface area contributed by atoms with Crippen LogP contribution in [0.15, 0.2) is 12.1 Å². The first kappa shape index (κ1) is 17.2. The summed E-state index contributed by atoms with van der Waals surface area (Å²) in [4.78, 5) is 28.8. The number of nitro benzene ring substituents is 2. The number of nitrogens with zero attached hydrogens (tertiary/aromatic N) is 2. The second-order valence-electron chi connectivity index (χ2n) is 2.95. The van der Waals surface area contributed by atoms with Gasteiger partial charge in [-0.1, -0.05) is 0 Å². The summed E-state index contributed by atoms with van der Waals surface area (Å²) in [6.07, 6.45) is 0. The van der Waals surface area contributed by atoms with Crippen LogP contribution in [0.1, 0.15) is 0 Å². The minimum Gasteiger partial charge on any atom is -0.546 e.